The number of aliphatic hydroxyl groups is 1. The molecule has 1 aliphatic rings. The van der Waals surface area contributed by atoms with Gasteiger partial charge in [0.05, 0.1) is 6.10 Å². The van der Waals surface area contributed by atoms with Crippen LogP contribution in [0.1, 0.15) is 43.7 Å². The molecule has 1 aromatic carbocycles. The summed E-state index contributed by atoms with van der Waals surface area (Å²) in [5.41, 5.74) is 2.54. The van der Waals surface area contributed by atoms with Crippen LogP contribution in [-0.4, -0.2) is 33.5 Å². The molecule has 5 atom stereocenters. The van der Waals surface area contributed by atoms with Gasteiger partial charge in [-0.15, -0.1) is 0 Å². The maximum Gasteiger partial charge on any atom is 0.159 e. The number of alkyl halides is 2. The SMILES string of the molecule is CC(O)Cc1cnc(-c2ccc(C3CCC(C)C(F)C3F)cc2)nc1. The second kappa shape index (κ2) is 7.56. The molecule has 0 aliphatic heterocycles. The largest absolute Gasteiger partial charge is 0.393 e. The minimum atomic E-state index is -1.44. The lowest BCUT2D eigenvalue weighted by molar-refractivity contribution is 0.0573. The van der Waals surface area contributed by atoms with Gasteiger partial charge in [0.2, 0.25) is 0 Å². The maximum atomic E-state index is 14.3. The molecule has 1 N–H and O–H groups in total. The monoisotopic (exact) mass is 346 g/mol. The van der Waals surface area contributed by atoms with E-state index >= 15 is 0 Å². The van der Waals surface area contributed by atoms with Gasteiger partial charge in [-0.3, -0.25) is 0 Å². The van der Waals surface area contributed by atoms with Crippen molar-refractivity contribution >= 4 is 0 Å². The molecule has 1 aliphatic carbocycles. The van der Waals surface area contributed by atoms with Crippen molar-refractivity contribution in [2.75, 3.05) is 0 Å². The van der Waals surface area contributed by atoms with Crippen molar-refractivity contribution in [3.05, 3.63) is 47.8 Å². The molecule has 0 spiro atoms. The average Bonchev–Trinajstić information content (AvgIpc) is 2.60. The number of halogens is 2. The summed E-state index contributed by atoms with van der Waals surface area (Å²) in [7, 11) is 0. The number of aliphatic hydroxyl groups excluding tert-OH is 1. The van der Waals surface area contributed by atoms with E-state index in [4.69, 9.17) is 0 Å². The highest BCUT2D eigenvalue weighted by molar-refractivity contribution is 5.55. The fraction of sp³-hybridized carbons (Fsp3) is 0.500. The van der Waals surface area contributed by atoms with Gasteiger partial charge in [-0.05, 0) is 36.8 Å². The first kappa shape index (κ1) is 17.9. The van der Waals surface area contributed by atoms with E-state index in [-0.39, 0.29) is 11.8 Å². The summed E-state index contributed by atoms with van der Waals surface area (Å²) >= 11 is 0. The van der Waals surface area contributed by atoms with Gasteiger partial charge in [-0.25, -0.2) is 18.7 Å². The Morgan fingerprint density at radius 1 is 1.08 bits per heavy atom. The first-order chi connectivity index (χ1) is 12.0. The van der Waals surface area contributed by atoms with Gasteiger partial charge in [0.15, 0.2) is 5.82 Å². The molecule has 25 heavy (non-hydrogen) atoms. The van der Waals surface area contributed by atoms with E-state index in [0.29, 0.717) is 25.1 Å². The lowest BCUT2D eigenvalue weighted by Crippen LogP contribution is -2.35. The van der Waals surface area contributed by atoms with Crippen LogP contribution in [0.3, 0.4) is 0 Å². The highest BCUT2D eigenvalue weighted by Crippen LogP contribution is 2.39. The molecular formula is C20H24F2N2O. The zero-order valence-electron chi connectivity index (χ0n) is 14.6. The number of aromatic nitrogens is 2. The highest BCUT2D eigenvalue weighted by atomic mass is 19.2. The Kier molecular flexibility index (Phi) is 5.42. The van der Waals surface area contributed by atoms with E-state index in [0.717, 1.165) is 16.7 Å². The molecule has 2 aromatic rings. The van der Waals surface area contributed by atoms with E-state index in [1.807, 2.05) is 24.3 Å². The predicted molar refractivity (Wildman–Crippen MR) is 93.8 cm³/mol. The fourth-order valence-electron chi connectivity index (χ4n) is 3.48. The molecule has 3 nitrogen and oxygen atoms in total. The van der Waals surface area contributed by atoms with Crippen LogP contribution in [0.15, 0.2) is 36.7 Å². The number of rotatable bonds is 4. The number of hydrogen-bond donors (Lipinski definition) is 1. The van der Waals surface area contributed by atoms with Gasteiger partial charge in [-0.1, -0.05) is 31.2 Å². The molecule has 0 amide bonds. The molecule has 1 aromatic heterocycles. The highest BCUT2D eigenvalue weighted by Gasteiger charge is 2.38. The summed E-state index contributed by atoms with van der Waals surface area (Å²) in [4.78, 5) is 8.65. The van der Waals surface area contributed by atoms with Gasteiger partial charge in [0, 0.05) is 30.3 Å². The topological polar surface area (TPSA) is 46.0 Å². The fourth-order valence-corrected chi connectivity index (χ4v) is 3.48. The van der Waals surface area contributed by atoms with Gasteiger partial charge in [0.1, 0.15) is 12.3 Å². The Labute approximate surface area is 147 Å². The number of hydrogen-bond acceptors (Lipinski definition) is 3. The smallest absolute Gasteiger partial charge is 0.159 e. The molecule has 1 heterocycles. The Bertz CT molecular complexity index is 688. The Morgan fingerprint density at radius 3 is 2.32 bits per heavy atom. The summed E-state index contributed by atoms with van der Waals surface area (Å²) in [5.74, 6) is -0.00742. The summed E-state index contributed by atoms with van der Waals surface area (Å²) in [6.45, 7) is 3.49. The molecule has 134 valence electrons. The second-order valence-electron chi connectivity index (χ2n) is 7.14. The van der Waals surface area contributed by atoms with Crippen molar-refractivity contribution in [2.45, 2.75) is 57.5 Å². The van der Waals surface area contributed by atoms with Crippen molar-refractivity contribution in [3.63, 3.8) is 0 Å². The lowest BCUT2D eigenvalue weighted by Gasteiger charge is -2.33. The second-order valence-corrected chi connectivity index (χ2v) is 7.14. The molecule has 0 saturated heterocycles. The van der Waals surface area contributed by atoms with Crippen LogP contribution in [0.4, 0.5) is 8.78 Å². The lowest BCUT2D eigenvalue weighted by atomic mass is 9.77. The zero-order valence-corrected chi connectivity index (χ0v) is 14.6. The summed E-state index contributed by atoms with van der Waals surface area (Å²) in [6.07, 6.45) is 2.05. The zero-order chi connectivity index (χ0) is 18.0. The van der Waals surface area contributed by atoms with E-state index in [2.05, 4.69) is 9.97 Å². The van der Waals surface area contributed by atoms with Crippen LogP contribution in [-0.2, 0) is 6.42 Å². The Balaban J connectivity index is 1.74. The van der Waals surface area contributed by atoms with Crippen LogP contribution < -0.4 is 0 Å². The van der Waals surface area contributed by atoms with Crippen molar-refractivity contribution < 1.29 is 13.9 Å². The van der Waals surface area contributed by atoms with Gasteiger partial charge in [-0.2, -0.15) is 0 Å². The van der Waals surface area contributed by atoms with Crippen LogP contribution >= 0.6 is 0 Å². The Hall–Kier alpha value is -1.88. The van der Waals surface area contributed by atoms with E-state index in [1.54, 1.807) is 26.2 Å². The number of nitrogens with zero attached hydrogens (tertiary/aromatic N) is 2. The third kappa shape index (κ3) is 4.03. The third-order valence-corrected chi connectivity index (χ3v) is 5.00. The standard InChI is InChI=1S/C20H24F2N2O/c1-12-3-8-17(19(22)18(12)21)15-4-6-16(7-5-15)20-23-10-14(11-24-20)9-13(2)25/h4-7,10-13,17-19,25H,3,8-9H2,1-2H3. The van der Waals surface area contributed by atoms with Crippen LogP contribution in [0, 0.1) is 5.92 Å². The summed E-state index contributed by atoms with van der Waals surface area (Å²) < 4.78 is 28.3. The molecule has 3 rings (SSSR count). The molecule has 5 heteroatoms. The molecular weight excluding hydrogens is 322 g/mol. The van der Waals surface area contributed by atoms with Crippen molar-refractivity contribution in [2.24, 2.45) is 5.92 Å². The van der Waals surface area contributed by atoms with Crippen molar-refractivity contribution in [3.8, 4) is 11.4 Å². The normalized spacial score (nSPS) is 27.9. The molecule has 5 unspecified atom stereocenters. The van der Waals surface area contributed by atoms with E-state index < -0.39 is 18.4 Å². The Morgan fingerprint density at radius 2 is 1.72 bits per heavy atom. The van der Waals surface area contributed by atoms with Crippen LogP contribution in [0.5, 0.6) is 0 Å². The van der Waals surface area contributed by atoms with Crippen molar-refractivity contribution in [1.29, 1.82) is 0 Å². The van der Waals surface area contributed by atoms with Gasteiger partial charge >= 0.3 is 0 Å². The van der Waals surface area contributed by atoms with E-state index in [1.165, 1.54) is 0 Å². The summed E-state index contributed by atoms with van der Waals surface area (Å²) in [5, 5.41) is 9.39. The predicted octanol–water partition coefficient (Wildman–Crippen LogP) is 4.26. The number of benzene rings is 1. The third-order valence-electron chi connectivity index (χ3n) is 5.00. The van der Waals surface area contributed by atoms with Crippen LogP contribution in [0.2, 0.25) is 0 Å². The molecule has 1 fully saturated rings. The summed E-state index contributed by atoms with van der Waals surface area (Å²) in [6, 6.07) is 7.42. The minimum absolute atomic E-state index is 0.209. The van der Waals surface area contributed by atoms with Crippen LogP contribution in [0.25, 0.3) is 11.4 Å². The van der Waals surface area contributed by atoms with Gasteiger partial charge in [0.25, 0.3) is 0 Å². The quantitative estimate of drug-likeness (QED) is 0.900. The van der Waals surface area contributed by atoms with Crippen molar-refractivity contribution in [1.82, 2.24) is 9.97 Å². The maximum absolute atomic E-state index is 14.3. The molecule has 0 bridgehead atoms. The molecule has 1 saturated carbocycles. The first-order valence-corrected chi connectivity index (χ1v) is 8.83. The average molecular weight is 346 g/mol. The van der Waals surface area contributed by atoms with E-state index in [9.17, 15) is 13.9 Å². The molecule has 0 radical (unpaired) electrons. The minimum Gasteiger partial charge on any atom is -0.393 e. The first-order valence-electron chi connectivity index (χ1n) is 8.83. The van der Waals surface area contributed by atoms with Gasteiger partial charge < -0.3 is 5.11 Å².